The van der Waals surface area contributed by atoms with Crippen LogP contribution in [-0.4, -0.2) is 22.2 Å². The molecule has 4 heteroatoms. The zero-order valence-corrected chi connectivity index (χ0v) is 9.23. The molecule has 1 aromatic carbocycles. The van der Waals surface area contributed by atoms with Crippen molar-refractivity contribution in [2.45, 2.75) is 26.2 Å². The molecule has 0 aliphatic heterocycles. The summed E-state index contributed by atoms with van der Waals surface area (Å²) >= 11 is 0. The van der Waals surface area contributed by atoms with Crippen LogP contribution < -0.4 is 0 Å². The van der Waals surface area contributed by atoms with Crippen LogP contribution in [0.25, 0.3) is 0 Å². The first-order chi connectivity index (χ1) is 7.43. The molecule has 0 fully saturated rings. The van der Waals surface area contributed by atoms with E-state index in [1.807, 2.05) is 6.07 Å². The Bertz CT molecular complexity index is 403. The summed E-state index contributed by atoms with van der Waals surface area (Å²) in [5.74, 6) is -3.17. The molecule has 0 spiro atoms. The standard InChI is InChI=1S/C12H14O4/c1-7-4-3-5-8(2)11(7)9(12(15)16)6-10(13)14/h3-5,9H,6H2,1-2H3,(H,13,14)(H,15,16). The molecule has 1 unspecified atom stereocenters. The van der Waals surface area contributed by atoms with Crippen LogP contribution in [0.2, 0.25) is 0 Å². The van der Waals surface area contributed by atoms with Crippen molar-refractivity contribution in [2.24, 2.45) is 0 Å². The van der Waals surface area contributed by atoms with E-state index < -0.39 is 17.9 Å². The van der Waals surface area contributed by atoms with Gasteiger partial charge in [0.15, 0.2) is 0 Å². The fraction of sp³-hybridized carbons (Fsp3) is 0.333. The molecule has 0 aliphatic rings. The summed E-state index contributed by atoms with van der Waals surface area (Å²) in [5.41, 5.74) is 2.24. The number of aryl methyl sites for hydroxylation is 2. The predicted molar refractivity (Wildman–Crippen MR) is 58.5 cm³/mol. The maximum atomic E-state index is 11.1. The molecule has 16 heavy (non-hydrogen) atoms. The number of benzene rings is 1. The van der Waals surface area contributed by atoms with Gasteiger partial charge in [0.25, 0.3) is 0 Å². The monoisotopic (exact) mass is 222 g/mol. The van der Waals surface area contributed by atoms with Crippen LogP contribution in [0.4, 0.5) is 0 Å². The van der Waals surface area contributed by atoms with Gasteiger partial charge >= 0.3 is 11.9 Å². The van der Waals surface area contributed by atoms with Crippen molar-refractivity contribution in [1.82, 2.24) is 0 Å². The van der Waals surface area contributed by atoms with Crippen LogP contribution in [0.1, 0.15) is 29.0 Å². The molecule has 0 aromatic heterocycles. The normalized spacial score (nSPS) is 12.1. The van der Waals surface area contributed by atoms with E-state index in [2.05, 4.69) is 0 Å². The van der Waals surface area contributed by atoms with Crippen molar-refractivity contribution in [3.8, 4) is 0 Å². The van der Waals surface area contributed by atoms with Gasteiger partial charge in [-0.3, -0.25) is 9.59 Å². The fourth-order valence-electron chi connectivity index (χ4n) is 1.86. The van der Waals surface area contributed by atoms with Gasteiger partial charge in [0.2, 0.25) is 0 Å². The van der Waals surface area contributed by atoms with E-state index >= 15 is 0 Å². The lowest BCUT2D eigenvalue weighted by Gasteiger charge is -2.16. The second-order valence-electron chi connectivity index (χ2n) is 3.79. The van der Waals surface area contributed by atoms with Crippen molar-refractivity contribution in [2.75, 3.05) is 0 Å². The van der Waals surface area contributed by atoms with Gasteiger partial charge in [-0.15, -0.1) is 0 Å². The average molecular weight is 222 g/mol. The van der Waals surface area contributed by atoms with Gasteiger partial charge in [0.05, 0.1) is 12.3 Å². The van der Waals surface area contributed by atoms with Gasteiger partial charge in [-0.05, 0) is 30.5 Å². The lowest BCUT2D eigenvalue weighted by atomic mass is 9.88. The number of rotatable bonds is 4. The molecule has 0 bridgehead atoms. The topological polar surface area (TPSA) is 74.6 Å². The average Bonchev–Trinajstić information content (AvgIpc) is 2.15. The third-order valence-corrected chi connectivity index (χ3v) is 2.57. The second kappa shape index (κ2) is 4.79. The number of carbonyl (C=O) groups is 2. The zero-order valence-electron chi connectivity index (χ0n) is 9.23. The first-order valence-electron chi connectivity index (χ1n) is 4.94. The molecular formula is C12H14O4. The molecule has 0 saturated heterocycles. The van der Waals surface area contributed by atoms with Crippen LogP contribution in [0, 0.1) is 13.8 Å². The Morgan fingerprint density at radius 2 is 1.69 bits per heavy atom. The third-order valence-electron chi connectivity index (χ3n) is 2.57. The summed E-state index contributed by atoms with van der Waals surface area (Å²) in [4.78, 5) is 21.7. The highest BCUT2D eigenvalue weighted by molar-refractivity contribution is 5.83. The molecule has 0 heterocycles. The first-order valence-corrected chi connectivity index (χ1v) is 4.94. The minimum absolute atomic E-state index is 0.388. The van der Waals surface area contributed by atoms with Gasteiger partial charge in [0, 0.05) is 0 Å². The summed E-state index contributed by atoms with van der Waals surface area (Å²) < 4.78 is 0. The number of aliphatic carboxylic acids is 2. The Morgan fingerprint density at radius 1 is 1.19 bits per heavy atom. The van der Waals surface area contributed by atoms with Crippen molar-refractivity contribution in [3.05, 3.63) is 34.9 Å². The number of hydrogen-bond acceptors (Lipinski definition) is 2. The fourth-order valence-corrected chi connectivity index (χ4v) is 1.86. The third kappa shape index (κ3) is 2.59. The van der Waals surface area contributed by atoms with Gasteiger partial charge < -0.3 is 10.2 Å². The number of hydrogen-bond donors (Lipinski definition) is 2. The Labute approximate surface area is 93.5 Å². The summed E-state index contributed by atoms with van der Waals surface area (Å²) in [6.07, 6.45) is -0.388. The van der Waals surface area contributed by atoms with Crippen LogP contribution in [0.5, 0.6) is 0 Å². The van der Waals surface area contributed by atoms with E-state index in [4.69, 9.17) is 10.2 Å². The molecule has 1 aromatic rings. The van der Waals surface area contributed by atoms with Crippen LogP contribution in [0.3, 0.4) is 0 Å². The molecule has 2 N–H and O–H groups in total. The smallest absolute Gasteiger partial charge is 0.311 e. The van der Waals surface area contributed by atoms with E-state index in [1.165, 1.54) is 0 Å². The number of carboxylic acid groups (broad SMARTS) is 2. The molecule has 86 valence electrons. The van der Waals surface area contributed by atoms with E-state index in [1.54, 1.807) is 26.0 Å². The molecule has 0 aliphatic carbocycles. The van der Waals surface area contributed by atoms with Crippen molar-refractivity contribution < 1.29 is 19.8 Å². The minimum Gasteiger partial charge on any atom is -0.481 e. The SMILES string of the molecule is Cc1cccc(C)c1C(CC(=O)O)C(=O)O. The summed E-state index contributed by atoms with van der Waals surface area (Å²) in [5, 5.41) is 17.8. The minimum atomic E-state index is -1.10. The zero-order chi connectivity index (χ0) is 12.3. The van der Waals surface area contributed by atoms with Crippen LogP contribution in [0.15, 0.2) is 18.2 Å². The van der Waals surface area contributed by atoms with E-state index in [9.17, 15) is 9.59 Å². The maximum absolute atomic E-state index is 11.1. The quantitative estimate of drug-likeness (QED) is 0.816. The van der Waals surface area contributed by atoms with Gasteiger partial charge in [-0.2, -0.15) is 0 Å². The highest BCUT2D eigenvalue weighted by Gasteiger charge is 2.25. The summed E-state index contributed by atoms with van der Waals surface area (Å²) in [6, 6.07) is 5.41. The molecule has 0 amide bonds. The Kier molecular flexibility index (Phi) is 3.66. The molecule has 0 radical (unpaired) electrons. The van der Waals surface area contributed by atoms with Crippen molar-refractivity contribution >= 4 is 11.9 Å². The largest absolute Gasteiger partial charge is 0.481 e. The van der Waals surface area contributed by atoms with E-state index in [-0.39, 0.29) is 6.42 Å². The predicted octanol–water partition coefficient (Wildman–Crippen LogP) is 1.95. The summed E-state index contributed by atoms with van der Waals surface area (Å²) in [7, 11) is 0. The maximum Gasteiger partial charge on any atom is 0.311 e. The Morgan fingerprint density at radius 3 is 2.06 bits per heavy atom. The number of carboxylic acids is 2. The Hall–Kier alpha value is -1.84. The highest BCUT2D eigenvalue weighted by atomic mass is 16.4. The summed E-state index contributed by atoms with van der Waals surface area (Å²) in [6.45, 7) is 3.58. The van der Waals surface area contributed by atoms with E-state index in [0.29, 0.717) is 5.56 Å². The molecule has 0 saturated carbocycles. The Balaban J connectivity index is 3.20. The van der Waals surface area contributed by atoms with Crippen molar-refractivity contribution in [3.63, 3.8) is 0 Å². The van der Waals surface area contributed by atoms with Crippen LogP contribution in [-0.2, 0) is 9.59 Å². The van der Waals surface area contributed by atoms with Gasteiger partial charge in [-0.25, -0.2) is 0 Å². The first kappa shape index (κ1) is 12.2. The lowest BCUT2D eigenvalue weighted by molar-refractivity contribution is -0.145. The van der Waals surface area contributed by atoms with E-state index in [0.717, 1.165) is 11.1 Å². The highest BCUT2D eigenvalue weighted by Crippen LogP contribution is 2.26. The molecule has 1 atom stereocenters. The lowest BCUT2D eigenvalue weighted by Crippen LogP contribution is -2.18. The van der Waals surface area contributed by atoms with Crippen molar-refractivity contribution in [1.29, 1.82) is 0 Å². The molecular weight excluding hydrogens is 208 g/mol. The van der Waals surface area contributed by atoms with Gasteiger partial charge in [0.1, 0.15) is 0 Å². The van der Waals surface area contributed by atoms with Crippen LogP contribution >= 0.6 is 0 Å². The van der Waals surface area contributed by atoms with Gasteiger partial charge in [-0.1, -0.05) is 18.2 Å². The second-order valence-corrected chi connectivity index (χ2v) is 3.79. The molecule has 4 nitrogen and oxygen atoms in total. The molecule has 1 rings (SSSR count).